The Kier molecular flexibility index (Phi) is 3.07. The van der Waals surface area contributed by atoms with E-state index < -0.39 is 0 Å². The van der Waals surface area contributed by atoms with Gasteiger partial charge >= 0.3 is 0 Å². The Morgan fingerprint density at radius 1 is 1.22 bits per heavy atom. The molecule has 0 aliphatic rings. The van der Waals surface area contributed by atoms with Crippen LogP contribution in [0, 0.1) is 0 Å². The number of rotatable bonds is 3. The highest BCUT2D eigenvalue weighted by atomic mass is 17.1. The van der Waals surface area contributed by atoms with Gasteiger partial charge in [-0.1, -0.05) is 4.94 Å². The summed E-state index contributed by atoms with van der Waals surface area (Å²) < 4.78 is 0. The molecular formula is C5H15N2O2+. The molecule has 0 spiro atoms. The lowest BCUT2D eigenvalue weighted by Gasteiger charge is -2.23. The third-order valence-corrected chi connectivity index (χ3v) is 0.800. The average Bonchev–Trinajstić information content (AvgIpc) is 1.63. The van der Waals surface area contributed by atoms with E-state index in [1.54, 1.807) is 40.4 Å². The van der Waals surface area contributed by atoms with Crippen LogP contribution < -0.4 is 0 Å². The molecule has 0 aromatic rings. The van der Waals surface area contributed by atoms with Crippen LogP contribution in [0.5, 0.6) is 0 Å². The quantitative estimate of drug-likeness (QED) is 0.402. The van der Waals surface area contributed by atoms with Crippen LogP contribution in [0.4, 0.5) is 0 Å². The zero-order valence-corrected chi connectivity index (χ0v) is 6.71. The van der Waals surface area contributed by atoms with Gasteiger partial charge in [0.1, 0.15) is 14.1 Å². The third-order valence-electron chi connectivity index (χ3n) is 0.800. The topological polar surface area (TPSA) is 21.7 Å². The number of quaternary nitrogens is 1. The Bertz CT molecular complexity index is 83.0. The van der Waals surface area contributed by atoms with Gasteiger partial charge in [-0.2, -0.15) is 4.84 Å². The molecule has 9 heavy (non-hydrogen) atoms. The van der Waals surface area contributed by atoms with Crippen molar-refractivity contribution in [1.29, 1.82) is 0 Å². The first-order valence-electron chi connectivity index (χ1n) is 2.74. The maximum absolute atomic E-state index is 5.14. The Labute approximate surface area is 56.0 Å². The Morgan fingerprint density at radius 3 is 1.78 bits per heavy atom. The zero-order chi connectivity index (χ0) is 7.49. The predicted molar refractivity (Wildman–Crippen MR) is 33.9 cm³/mol. The molecule has 56 valence electrons. The van der Waals surface area contributed by atoms with Crippen molar-refractivity contribution >= 4 is 0 Å². The minimum Gasteiger partial charge on any atom is -0.170 e. The van der Waals surface area contributed by atoms with Gasteiger partial charge in [0.15, 0.2) is 0 Å². The van der Waals surface area contributed by atoms with Crippen LogP contribution in [0.1, 0.15) is 0 Å². The molecule has 0 aliphatic carbocycles. The Balaban J connectivity index is 3.58. The number of nitrogens with zero attached hydrogens (tertiary/aromatic N) is 2. The molecule has 0 aliphatic heterocycles. The van der Waals surface area contributed by atoms with Crippen molar-refractivity contribution in [3.05, 3.63) is 0 Å². The van der Waals surface area contributed by atoms with Gasteiger partial charge in [-0.15, -0.1) is 5.06 Å². The molecule has 0 fully saturated rings. The second kappa shape index (κ2) is 3.12. The fraction of sp³-hybridized carbons (Fsp3) is 1.00. The van der Waals surface area contributed by atoms with Gasteiger partial charge in [-0.3, -0.25) is 0 Å². The minimum atomic E-state index is 0.0764. The first-order valence-corrected chi connectivity index (χ1v) is 2.74. The van der Waals surface area contributed by atoms with Crippen LogP contribution in [0.15, 0.2) is 0 Å². The lowest BCUT2D eigenvalue weighted by Crippen LogP contribution is -2.42. The molecule has 4 heteroatoms. The fourth-order valence-electron chi connectivity index (χ4n) is 0.427. The molecular weight excluding hydrogens is 120 g/mol. The van der Waals surface area contributed by atoms with E-state index in [4.69, 9.17) is 9.78 Å². The van der Waals surface area contributed by atoms with E-state index in [0.717, 1.165) is 0 Å². The first-order chi connectivity index (χ1) is 3.98. The van der Waals surface area contributed by atoms with Crippen LogP contribution in [0.3, 0.4) is 0 Å². The molecule has 0 aromatic heterocycles. The summed E-state index contributed by atoms with van der Waals surface area (Å²) >= 11 is 0. The molecule has 0 atom stereocenters. The van der Waals surface area contributed by atoms with Crippen LogP contribution in [0.25, 0.3) is 0 Å². The van der Waals surface area contributed by atoms with Crippen LogP contribution >= 0.6 is 0 Å². The summed E-state index contributed by atoms with van der Waals surface area (Å²) in [6.45, 7) is 0. The van der Waals surface area contributed by atoms with E-state index >= 15 is 0 Å². The van der Waals surface area contributed by atoms with Crippen molar-refractivity contribution in [3.63, 3.8) is 0 Å². The second-order valence-corrected chi connectivity index (χ2v) is 2.33. The van der Waals surface area contributed by atoms with Gasteiger partial charge in [-0.25, -0.2) is 0 Å². The molecule has 0 rings (SSSR count). The van der Waals surface area contributed by atoms with Crippen molar-refractivity contribution < 1.29 is 14.6 Å². The summed E-state index contributed by atoms with van der Waals surface area (Å²) in [4.78, 5) is 10.1. The normalized spacial score (nSPS) is 12.7. The molecule has 0 saturated carbocycles. The van der Waals surface area contributed by atoms with Gasteiger partial charge in [0.05, 0.1) is 7.11 Å². The molecule has 0 amide bonds. The number of hydrogen-bond acceptors (Lipinski definition) is 3. The molecule has 0 heterocycles. The lowest BCUT2D eigenvalue weighted by molar-refractivity contribution is -1.24. The number of hydrogen-bond donors (Lipinski definition) is 0. The highest BCUT2D eigenvalue weighted by molar-refractivity contribution is 3.96. The lowest BCUT2D eigenvalue weighted by atomic mass is 11.1. The monoisotopic (exact) mass is 135 g/mol. The summed E-state index contributed by atoms with van der Waals surface area (Å²) in [5, 5.41) is 1.59. The Hall–Kier alpha value is -0.160. The first kappa shape index (κ1) is 8.84. The predicted octanol–water partition coefficient (Wildman–Crippen LogP) is 0.0324. The van der Waals surface area contributed by atoms with Crippen molar-refractivity contribution in [2.45, 2.75) is 0 Å². The second-order valence-electron chi connectivity index (χ2n) is 2.33. The molecule has 0 unspecified atom stereocenters. The van der Waals surface area contributed by atoms with Crippen molar-refractivity contribution in [2.75, 3.05) is 35.3 Å². The zero-order valence-electron chi connectivity index (χ0n) is 6.71. The summed E-state index contributed by atoms with van der Waals surface area (Å²) in [5.41, 5.74) is 0. The maximum atomic E-state index is 5.14. The largest absolute Gasteiger partial charge is 0.170 e. The third kappa shape index (κ3) is 4.35. The molecule has 0 bridgehead atoms. The standard InChI is InChI=1S/C5H15N2O2/c1-6(2)9-7(3,4)8-5/h1-5H3/q+1. The van der Waals surface area contributed by atoms with Crippen molar-refractivity contribution in [2.24, 2.45) is 0 Å². The van der Waals surface area contributed by atoms with E-state index in [1.165, 1.54) is 0 Å². The van der Waals surface area contributed by atoms with Crippen LogP contribution in [0.2, 0.25) is 0 Å². The highest BCUT2D eigenvalue weighted by Crippen LogP contribution is 1.98. The fourth-order valence-corrected chi connectivity index (χ4v) is 0.427. The summed E-state index contributed by atoms with van der Waals surface area (Å²) in [6, 6.07) is 0. The summed E-state index contributed by atoms with van der Waals surface area (Å²) in [5.74, 6) is 0. The van der Waals surface area contributed by atoms with Gasteiger partial charge in [0, 0.05) is 14.1 Å². The molecule has 0 aromatic carbocycles. The van der Waals surface area contributed by atoms with Crippen molar-refractivity contribution in [3.8, 4) is 0 Å². The van der Waals surface area contributed by atoms with E-state index in [9.17, 15) is 0 Å². The summed E-state index contributed by atoms with van der Waals surface area (Å²) in [7, 11) is 8.78. The van der Waals surface area contributed by atoms with Crippen LogP contribution in [-0.2, 0) is 9.78 Å². The molecule has 0 saturated heterocycles. The van der Waals surface area contributed by atoms with Gasteiger partial charge in [-0.05, 0) is 4.81 Å². The van der Waals surface area contributed by atoms with Gasteiger partial charge in [0.2, 0.25) is 0 Å². The van der Waals surface area contributed by atoms with E-state index in [2.05, 4.69) is 0 Å². The van der Waals surface area contributed by atoms with E-state index in [0.29, 0.717) is 0 Å². The number of hydroxylamine groups is 6. The minimum absolute atomic E-state index is 0.0764. The molecule has 4 nitrogen and oxygen atoms in total. The maximum Gasteiger partial charge on any atom is 0.134 e. The smallest absolute Gasteiger partial charge is 0.134 e. The molecule has 0 N–H and O–H groups in total. The van der Waals surface area contributed by atoms with Crippen molar-refractivity contribution in [1.82, 2.24) is 5.06 Å². The van der Waals surface area contributed by atoms with E-state index in [-0.39, 0.29) is 4.81 Å². The average molecular weight is 135 g/mol. The van der Waals surface area contributed by atoms with Gasteiger partial charge in [0.25, 0.3) is 0 Å². The SMILES string of the molecule is CO[N+](C)(C)ON(C)C. The highest BCUT2D eigenvalue weighted by Gasteiger charge is 2.17. The van der Waals surface area contributed by atoms with Gasteiger partial charge < -0.3 is 0 Å². The Morgan fingerprint density at radius 2 is 1.67 bits per heavy atom. The molecule has 0 radical (unpaired) electrons. The van der Waals surface area contributed by atoms with E-state index in [1.807, 2.05) is 0 Å². The summed E-state index contributed by atoms with van der Waals surface area (Å²) in [6.07, 6.45) is 0. The van der Waals surface area contributed by atoms with Crippen LogP contribution in [-0.4, -0.2) is 45.2 Å².